The molecule has 1 aromatic rings. The van der Waals surface area contributed by atoms with Gasteiger partial charge in [-0.25, -0.2) is 0 Å². The second kappa shape index (κ2) is 7.91. The molecule has 1 saturated carbocycles. The number of rotatable bonds is 4. The van der Waals surface area contributed by atoms with E-state index in [4.69, 9.17) is 0 Å². The molecule has 0 aromatic carbocycles. The molecule has 3 rings (SSSR count). The van der Waals surface area contributed by atoms with Crippen LogP contribution in [-0.2, 0) is 4.79 Å². The Morgan fingerprint density at radius 2 is 2.22 bits per heavy atom. The summed E-state index contributed by atoms with van der Waals surface area (Å²) in [6.45, 7) is 4.79. The number of carbonyl (C=O) groups is 1. The number of carbonyl (C=O) groups excluding carboxylic acids is 1. The molecule has 4 nitrogen and oxygen atoms in total. The van der Waals surface area contributed by atoms with E-state index in [2.05, 4.69) is 28.2 Å². The van der Waals surface area contributed by atoms with Gasteiger partial charge in [-0.3, -0.25) is 9.78 Å². The van der Waals surface area contributed by atoms with Crippen LogP contribution in [0.3, 0.4) is 0 Å². The summed E-state index contributed by atoms with van der Waals surface area (Å²) in [7, 11) is 0. The molecule has 1 aliphatic heterocycles. The smallest absolute Gasteiger partial charge is 0.223 e. The number of aromatic nitrogens is 1. The summed E-state index contributed by atoms with van der Waals surface area (Å²) in [5.74, 6) is 1.57. The van der Waals surface area contributed by atoms with Crippen molar-refractivity contribution in [2.75, 3.05) is 19.6 Å². The third kappa shape index (κ3) is 4.11. The van der Waals surface area contributed by atoms with E-state index < -0.39 is 0 Å². The fourth-order valence-corrected chi connectivity index (χ4v) is 4.14. The maximum atomic E-state index is 12.9. The molecule has 4 heteroatoms. The molecule has 2 atom stereocenters. The number of pyridine rings is 1. The van der Waals surface area contributed by atoms with Crippen LogP contribution in [0.25, 0.3) is 0 Å². The lowest BCUT2D eigenvalue weighted by Crippen LogP contribution is -2.49. The second-order valence-electron chi connectivity index (χ2n) is 7.17. The molecule has 2 heterocycles. The Morgan fingerprint density at radius 1 is 1.39 bits per heavy atom. The van der Waals surface area contributed by atoms with Gasteiger partial charge in [0.2, 0.25) is 5.91 Å². The molecule has 1 saturated heterocycles. The minimum atomic E-state index is 0.128. The topological polar surface area (TPSA) is 45.2 Å². The standard InChI is InChI=1S/C19H29N3O/c1-15(16-6-3-2-4-7-16)12-19(23)22-11-10-21-14-18(22)17-8-5-9-20-13-17/h5,8-9,13,15-16,18,21H,2-4,6-7,10-12,14H2,1H3. The van der Waals surface area contributed by atoms with Crippen LogP contribution in [0.2, 0.25) is 0 Å². The highest BCUT2D eigenvalue weighted by atomic mass is 16.2. The molecule has 1 aliphatic carbocycles. The maximum Gasteiger partial charge on any atom is 0.223 e. The first-order valence-corrected chi connectivity index (χ1v) is 9.16. The van der Waals surface area contributed by atoms with Gasteiger partial charge in [-0.05, 0) is 23.5 Å². The van der Waals surface area contributed by atoms with Crippen molar-refractivity contribution in [3.8, 4) is 0 Å². The van der Waals surface area contributed by atoms with Crippen molar-refractivity contribution >= 4 is 5.91 Å². The molecule has 2 aliphatic rings. The summed E-state index contributed by atoms with van der Waals surface area (Å²) in [5.41, 5.74) is 1.14. The van der Waals surface area contributed by atoms with E-state index in [0.29, 0.717) is 18.2 Å². The normalized spacial score (nSPS) is 24.4. The van der Waals surface area contributed by atoms with Crippen molar-refractivity contribution in [2.24, 2.45) is 11.8 Å². The predicted molar refractivity (Wildman–Crippen MR) is 91.9 cm³/mol. The van der Waals surface area contributed by atoms with Crippen LogP contribution in [0.4, 0.5) is 0 Å². The number of hydrogen-bond donors (Lipinski definition) is 1. The quantitative estimate of drug-likeness (QED) is 0.928. The summed E-state index contributed by atoms with van der Waals surface area (Å²) in [6, 6.07) is 4.16. The summed E-state index contributed by atoms with van der Waals surface area (Å²) >= 11 is 0. The minimum Gasteiger partial charge on any atom is -0.333 e. The number of piperazine rings is 1. The van der Waals surface area contributed by atoms with E-state index in [1.54, 1.807) is 6.20 Å². The molecular weight excluding hydrogens is 286 g/mol. The molecule has 0 bridgehead atoms. The van der Waals surface area contributed by atoms with Crippen molar-refractivity contribution < 1.29 is 4.79 Å². The van der Waals surface area contributed by atoms with E-state index in [1.165, 1.54) is 32.1 Å². The summed E-state index contributed by atoms with van der Waals surface area (Å²) in [6.07, 6.45) is 11.0. The predicted octanol–water partition coefficient (Wildman–Crippen LogP) is 3.16. The highest BCUT2D eigenvalue weighted by molar-refractivity contribution is 5.77. The lowest BCUT2D eigenvalue weighted by atomic mass is 9.79. The van der Waals surface area contributed by atoms with Gasteiger partial charge in [-0.1, -0.05) is 45.1 Å². The average molecular weight is 315 g/mol. The van der Waals surface area contributed by atoms with Gasteiger partial charge in [0.05, 0.1) is 6.04 Å². The van der Waals surface area contributed by atoms with Crippen molar-refractivity contribution in [1.82, 2.24) is 15.2 Å². The van der Waals surface area contributed by atoms with Crippen LogP contribution >= 0.6 is 0 Å². The van der Waals surface area contributed by atoms with Crippen LogP contribution < -0.4 is 5.32 Å². The largest absolute Gasteiger partial charge is 0.333 e. The Labute approximate surface area is 139 Å². The van der Waals surface area contributed by atoms with E-state index in [9.17, 15) is 4.79 Å². The Bertz CT molecular complexity index is 499. The van der Waals surface area contributed by atoms with E-state index in [0.717, 1.165) is 31.1 Å². The van der Waals surface area contributed by atoms with Gasteiger partial charge in [0.25, 0.3) is 0 Å². The van der Waals surface area contributed by atoms with Gasteiger partial charge in [0.1, 0.15) is 0 Å². The third-order valence-corrected chi connectivity index (χ3v) is 5.58. The first-order chi connectivity index (χ1) is 11.3. The molecule has 23 heavy (non-hydrogen) atoms. The van der Waals surface area contributed by atoms with Crippen molar-refractivity contribution in [2.45, 2.75) is 51.5 Å². The van der Waals surface area contributed by atoms with Crippen LogP contribution in [0.1, 0.15) is 57.1 Å². The number of hydrogen-bond acceptors (Lipinski definition) is 3. The molecule has 1 N–H and O–H groups in total. The lowest BCUT2D eigenvalue weighted by Gasteiger charge is -2.38. The van der Waals surface area contributed by atoms with Crippen LogP contribution in [-0.4, -0.2) is 35.4 Å². The van der Waals surface area contributed by atoms with Crippen molar-refractivity contribution in [3.05, 3.63) is 30.1 Å². The second-order valence-corrected chi connectivity index (χ2v) is 7.17. The van der Waals surface area contributed by atoms with E-state index >= 15 is 0 Å². The minimum absolute atomic E-state index is 0.128. The summed E-state index contributed by atoms with van der Waals surface area (Å²) in [5, 5.41) is 3.41. The highest BCUT2D eigenvalue weighted by Gasteiger charge is 2.30. The summed E-state index contributed by atoms with van der Waals surface area (Å²) < 4.78 is 0. The van der Waals surface area contributed by atoms with Gasteiger partial charge < -0.3 is 10.2 Å². The first-order valence-electron chi connectivity index (χ1n) is 9.16. The van der Waals surface area contributed by atoms with Gasteiger partial charge >= 0.3 is 0 Å². The van der Waals surface area contributed by atoms with Crippen LogP contribution in [0, 0.1) is 11.8 Å². The first kappa shape index (κ1) is 16.4. The SMILES string of the molecule is CC(CC(=O)N1CCNCC1c1cccnc1)C1CCCCC1. The zero-order valence-electron chi connectivity index (χ0n) is 14.2. The fraction of sp³-hybridized carbons (Fsp3) is 0.684. The molecule has 126 valence electrons. The fourth-order valence-electron chi connectivity index (χ4n) is 4.14. The van der Waals surface area contributed by atoms with Crippen molar-refractivity contribution in [3.63, 3.8) is 0 Å². The van der Waals surface area contributed by atoms with Crippen LogP contribution in [0.15, 0.2) is 24.5 Å². The Kier molecular flexibility index (Phi) is 5.65. The van der Waals surface area contributed by atoms with Gasteiger partial charge in [0.15, 0.2) is 0 Å². The molecule has 2 unspecified atom stereocenters. The molecule has 1 amide bonds. The van der Waals surface area contributed by atoms with Gasteiger partial charge in [-0.2, -0.15) is 0 Å². The zero-order chi connectivity index (χ0) is 16.1. The zero-order valence-corrected chi connectivity index (χ0v) is 14.2. The van der Waals surface area contributed by atoms with E-state index in [-0.39, 0.29) is 6.04 Å². The summed E-state index contributed by atoms with van der Waals surface area (Å²) in [4.78, 5) is 19.2. The number of amides is 1. The van der Waals surface area contributed by atoms with Crippen molar-refractivity contribution in [1.29, 1.82) is 0 Å². The maximum absolute atomic E-state index is 12.9. The Hall–Kier alpha value is -1.42. The average Bonchev–Trinajstić information content (AvgIpc) is 2.63. The van der Waals surface area contributed by atoms with Gasteiger partial charge in [-0.15, -0.1) is 0 Å². The van der Waals surface area contributed by atoms with Gasteiger partial charge in [0, 0.05) is 38.4 Å². The van der Waals surface area contributed by atoms with E-state index in [1.807, 2.05) is 12.3 Å². The third-order valence-electron chi connectivity index (χ3n) is 5.58. The lowest BCUT2D eigenvalue weighted by molar-refractivity contribution is -0.136. The monoisotopic (exact) mass is 315 g/mol. The van der Waals surface area contributed by atoms with Crippen LogP contribution in [0.5, 0.6) is 0 Å². The molecule has 0 radical (unpaired) electrons. The highest BCUT2D eigenvalue weighted by Crippen LogP contribution is 2.32. The molecule has 1 aromatic heterocycles. The Balaban J connectivity index is 1.64. The Morgan fingerprint density at radius 3 is 2.96 bits per heavy atom. The molecule has 0 spiro atoms. The number of nitrogens with zero attached hydrogens (tertiary/aromatic N) is 2. The molecule has 2 fully saturated rings. The number of nitrogens with one attached hydrogen (secondary N) is 1. The molecular formula is C19H29N3O.